The molecule has 170 valence electrons. The molecule has 0 radical (unpaired) electrons. The van der Waals surface area contributed by atoms with Gasteiger partial charge in [0.25, 0.3) is 0 Å². The van der Waals surface area contributed by atoms with Crippen LogP contribution in [-0.2, 0) is 6.61 Å². The molecule has 0 atom stereocenters. The summed E-state index contributed by atoms with van der Waals surface area (Å²) in [4.78, 5) is 13.4. The van der Waals surface area contributed by atoms with Crippen LogP contribution in [0.25, 0.3) is 22.3 Å². The first kappa shape index (κ1) is 22.1. The SMILES string of the molecule is COc1cc(OC)c2oc(-c3ccc(OCc4ccccc4)cc3)c(OC)c(=O)c2c1OC. The summed E-state index contributed by atoms with van der Waals surface area (Å²) in [5, 5.41) is 0.178. The summed E-state index contributed by atoms with van der Waals surface area (Å²) < 4.78 is 33.7. The summed E-state index contributed by atoms with van der Waals surface area (Å²) in [5.74, 6) is 1.95. The predicted molar refractivity (Wildman–Crippen MR) is 125 cm³/mol. The second-order valence-electron chi connectivity index (χ2n) is 7.11. The first-order valence-electron chi connectivity index (χ1n) is 10.2. The largest absolute Gasteiger partial charge is 0.493 e. The molecule has 0 aliphatic rings. The van der Waals surface area contributed by atoms with Gasteiger partial charge in [-0.1, -0.05) is 30.3 Å². The van der Waals surface area contributed by atoms with E-state index in [0.717, 1.165) is 5.56 Å². The summed E-state index contributed by atoms with van der Waals surface area (Å²) in [7, 11) is 5.85. The third-order valence-electron chi connectivity index (χ3n) is 5.22. The van der Waals surface area contributed by atoms with Gasteiger partial charge in [-0.05, 0) is 29.8 Å². The fraction of sp³-hybridized carbons (Fsp3) is 0.192. The van der Waals surface area contributed by atoms with Gasteiger partial charge in [-0.15, -0.1) is 0 Å². The molecule has 3 aromatic carbocycles. The van der Waals surface area contributed by atoms with Crippen molar-refractivity contribution in [2.24, 2.45) is 0 Å². The normalized spacial score (nSPS) is 10.7. The number of rotatable bonds is 8. The lowest BCUT2D eigenvalue weighted by Crippen LogP contribution is -2.10. The van der Waals surface area contributed by atoms with Crippen molar-refractivity contribution in [2.45, 2.75) is 6.61 Å². The van der Waals surface area contributed by atoms with E-state index in [-0.39, 0.29) is 28.2 Å². The van der Waals surface area contributed by atoms with E-state index in [1.807, 2.05) is 42.5 Å². The summed E-state index contributed by atoms with van der Waals surface area (Å²) in [6, 6.07) is 18.7. The third-order valence-corrected chi connectivity index (χ3v) is 5.22. The van der Waals surface area contributed by atoms with Gasteiger partial charge >= 0.3 is 0 Å². The summed E-state index contributed by atoms with van der Waals surface area (Å²) in [5.41, 5.74) is 1.56. The van der Waals surface area contributed by atoms with Crippen LogP contribution in [0.15, 0.2) is 69.9 Å². The fourth-order valence-electron chi connectivity index (χ4n) is 3.60. The van der Waals surface area contributed by atoms with Gasteiger partial charge in [-0.25, -0.2) is 0 Å². The molecule has 0 saturated heterocycles. The van der Waals surface area contributed by atoms with Crippen molar-refractivity contribution < 1.29 is 28.1 Å². The maximum atomic E-state index is 13.4. The van der Waals surface area contributed by atoms with Crippen molar-refractivity contribution in [2.75, 3.05) is 28.4 Å². The Bertz CT molecular complexity index is 1310. The van der Waals surface area contributed by atoms with Crippen molar-refractivity contribution in [3.8, 4) is 40.1 Å². The molecule has 0 unspecified atom stereocenters. The number of benzene rings is 3. The third kappa shape index (κ3) is 4.17. The highest BCUT2D eigenvalue weighted by atomic mass is 16.5. The van der Waals surface area contributed by atoms with Gasteiger partial charge in [0.2, 0.25) is 11.2 Å². The molecule has 0 bridgehead atoms. The minimum absolute atomic E-state index is 0.0501. The molecule has 7 heteroatoms. The molecule has 1 aromatic heterocycles. The average molecular weight is 448 g/mol. The monoisotopic (exact) mass is 448 g/mol. The molecule has 0 amide bonds. The van der Waals surface area contributed by atoms with Crippen molar-refractivity contribution in [1.82, 2.24) is 0 Å². The van der Waals surface area contributed by atoms with Crippen molar-refractivity contribution in [3.63, 3.8) is 0 Å². The lowest BCUT2D eigenvalue weighted by Gasteiger charge is -2.15. The highest BCUT2D eigenvalue weighted by Crippen LogP contribution is 2.43. The van der Waals surface area contributed by atoms with E-state index in [2.05, 4.69) is 0 Å². The van der Waals surface area contributed by atoms with Gasteiger partial charge in [0.15, 0.2) is 28.6 Å². The number of hydrogen-bond donors (Lipinski definition) is 0. The van der Waals surface area contributed by atoms with E-state index in [4.69, 9.17) is 28.1 Å². The number of fused-ring (bicyclic) bond motifs is 1. The molecule has 0 spiro atoms. The maximum absolute atomic E-state index is 13.4. The van der Waals surface area contributed by atoms with Crippen LogP contribution in [-0.4, -0.2) is 28.4 Å². The number of methoxy groups -OCH3 is 4. The molecule has 0 aliphatic carbocycles. The Balaban J connectivity index is 1.78. The Morgan fingerprint density at radius 2 is 1.42 bits per heavy atom. The van der Waals surface area contributed by atoms with Gasteiger partial charge in [0.1, 0.15) is 17.7 Å². The molecule has 7 nitrogen and oxygen atoms in total. The topological polar surface area (TPSA) is 76.4 Å². The van der Waals surface area contributed by atoms with Crippen molar-refractivity contribution in [3.05, 3.63) is 76.5 Å². The molecule has 0 aliphatic heterocycles. The van der Waals surface area contributed by atoms with Gasteiger partial charge in [-0.3, -0.25) is 4.79 Å². The van der Waals surface area contributed by atoms with E-state index in [9.17, 15) is 4.79 Å². The van der Waals surface area contributed by atoms with Crippen molar-refractivity contribution in [1.29, 1.82) is 0 Å². The van der Waals surface area contributed by atoms with E-state index in [1.165, 1.54) is 28.4 Å². The smallest absolute Gasteiger partial charge is 0.239 e. The maximum Gasteiger partial charge on any atom is 0.239 e. The Morgan fingerprint density at radius 3 is 2.03 bits per heavy atom. The molecule has 0 saturated carbocycles. The van der Waals surface area contributed by atoms with Crippen LogP contribution >= 0.6 is 0 Å². The Labute approximate surface area is 191 Å². The second-order valence-corrected chi connectivity index (χ2v) is 7.11. The van der Waals surface area contributed by atoms with Crippen LogP contribution in [0.5, 0.6) is 28.7 Å². The molecular weight excluding hydrogens is 424 g/mol. The van der Waals surface area contributed by atoms with E-state index in [1.54, 1.807) is 18.2 Å². The van der Waals surface area contributed by atoms with Gasteiger partial charge in [0.05, 0.1) is 28.4 Å². The summed E-state index contributed by atoms with van der Waals surface area (Å²) in [6.45, 7) is 0.452. The highest BCUT2D eigenvalue weighted by Gasteiger charge is 2.25. The molecule has 0 N–H and O–H groups in total. The van der Waals surface area contributed by atoms with Crippen LogP contribution in [0.3, 0.4) is 0 Å². The van der Waals surface area contributed by atoms with Crippen LogP contribution in [0.4, 0.5) is 0 Å². The lowest BCUT2D eigenvalue weighted by molar-refractivity contribution is 0.306. The standard InChI is InChI=1S/C26H24O7/c1-28-19-14-20(29-2)25-21(24(19)30-3)22(27)26(31-4)23(33-25)17-10-12-18(13-11-17)32-15-16-8-6-5-7-9-16/h5-14H,15H2,1-4H3. The van der Waals surface area contributed by atoms with Crippen LogP contribution in [0.2, 0.25) is 0 Å². The Hall–Kier alpha value is -4.13. The summed E-state index contributed by atoms with van der Waals surface area (Å²) >= 11 is 0. The van der Waals surface area contributed by atoms with E-state index in [0.29, 0.717) is 29.4 Å². The fourth-order valence-corrected chi connectivity index (χ4v) is 3.60. The molecule has 0 fully saturated rings. The molecule has 4 aromatic rings. The molecule has 4 rings (SSSR count). The van der Waals surface area contributed by atoms with Gasteiger partial charge in [0, 0.05) is 11.6 Å². The Kier molecular flexibility index (Phi) is 6.40. The van der Waals surface area contributed by atoms with E-state index >= 15 is 0 Å². The van der Waals surface area contributed by atoms with Crippen LogP contribution < -0.4 is 29.1 Å². The second kappa shape index (κ2) is 9.56. The van der Waals surface area contributed by atoms with Gasteiger partial charge < -0.3 is 28.1 Å². The Morgan fingerprint density at radius 1 is 0.758 bits per heavy atom. The van der Waals surface area contributed by atoms with Gasteiger partial charge in [-0.2, -0.15) is 0 Å². The number of hydrogen-bond acceptors (Lipinski definition) is 7. The first-order valence-corrected chi connectivity index (χ1v) is 10.2. The lowest BCUT2D eigenvalue weighted by atomic mass is 10.1. The zero-order valence-electron chi connectivity index (χ0n) is 18.8. The highest BCUT2D eigenvalue weighted by molar-refractivity contribution is 5.93. The molecule has 1 heterocycles. The minimum atomic E-state index is -0.396. The first-order chi connectivity index (χ1) is 16.1. The average Bonchev–Trinajstić information content (AvgIpc) is 2.87. The van der Waals surface area contributed by atoms with Crippen molar-refractivity contribution >= 4 is 11.0 Å². The van der Waals surface area contributed by atoms with E-state index < -0.39 is 5.43 Å². The minimum Gasteiger partial charge on any atom is -0.493 e. The van der Waals surface area contributed by atoms with Crippen LogP contribution in [0, 0.1) is 0 Å². The molecule has 33 heavy (non-hydrogen) atoms. The molecular formula is C26H24O7. The predicted octanol–water partition coefficient (Wildman–Crippen LogP) is 5.07. The quantitative estimate of drug-likeness (QED) is 0.372. The van der Waals surface area contributed by atoms with Crippen LogP contribution in [0.1, 0.15) is 5.56 Å². The zero-order valence-corrected chi connectivity index (χ0v) is 18.8. The number of ether oxygens (including phenoxy) is 5. The summed E-state index contributed by atoms with van der Waals surface area (Å²) in [6.07, 6.45) is 0. The zero-order chi connectivity index (χ0) is 23.4.